The second-order valence-corrected chi connectivity index (χ2v) is 5.17. The zero-order valence-corrected chi connectivity index (χ0v) is 11.9. The van der Waals surface area contributed by atoms with Crippen LogP contribution in [0.2, 0.25) is 0 Å². The maximum Gasteiger partial charge on any atom is 0.249 e. The minimum Gasteiger partial charge on any atom is -0.454 e. The van der Waals surface area contributed by atoms with Gasteiger partial charge in [-0.25, -0.2) is 0 Å². The Morgan fingerprint density at radius 1 is 1.30 bits per heavy atom. The molecule has 108 valence electrons. The Hall–Kier alpha value is -1.91. The van der Waals surface area contributed by atoms with Crippen LogP contribution in [0, 0.1) is 0 Å². The van der Waals surface area contributed by atoms with Gasteiger partial charge in [0, 0.05) is 18.7 Å². The molecule has 0 radical (unpaired) electrons. The fourth-order valence-corrected chi connectivity index (χ4v) is 2.65. The summed E-state index contributed by atoms with van der Waals surface area (Å²) in [5.74, 6) is 1.61. The number of carbonyl (C=O) groups excluding carboxylic acids is 1. The highest BCUT2D eigenvalue weighted by Gasteiger charge is 2.33. The molecule has 1 N–H and O–H groups in total. The summed E-state index contributed by atoms with van der Waals surface area (Å²) < 4.78 is 10.8. The summed E-state index contributed by atoms with van der Waals surface area (Å²) >= 11 is 0. The van der Waals surface area contributed by atoms with Crippen molar-refractivity contribution in [3.8, 4) is 11.5 Å². The number of amides is 1. The molecule has 0 saturated heterocycles. The molecule has 1 atom stereocenters. The lowest BCUT2D eigenvalue weighted by atomic mass is 10.1. The van der Waals surface area contributed by atoms with Crippen molar-refractivity contribution in [1.29, 1.82) is 0 Å². The molecule has 5 heteroatoms. The van der Waals surface area contributed by atoms with Gasteiger partial charge in [-0.2, -0.15) is 0 Å². The van der Waals surface area contributed by atoms with Gasteiger partial charge in [0.1, 0.15) is 6.04 Å². The lowest BCUT2D eigenvalue weighted by Gasteiger charge is -2.35. The summed E-state index contributed by atoms with van der Waals surface area (Å²) in [7, 11) is 0. The van der Waals surface area contributed by atoms with Crippen molar-refractivity contribution in [2.24, 2.45) is 0 Å². The monoisotopic (exact) mass is 276 g/mol. The number of nitrogens with one attached hydrogen (secondary N) is 1. The third-order valence-corrected chi connectivity index (χ3v) is 3.82. The van der Waals surface area contributed by atoms with E-state index in [0.29, 0.717) is 0 Å². The number of benzene rings is 1. The van der Waals surface area contributed by atoms with Crippen LogP contribution in [0.5, 0.6) is 11.5 Å². The fourth-order valence-electron chi connectivity index (χ4n) is 2.65. The maximum absolute atomic E-state index is 12.5. The molecule has 2 aliphatic rings. The third kappa shape index (κ3) is 2.07. The van der Waals surface area contributed by atoms with E-state index in [9.17, 15) is 4.79 Å². The van der Waals surface area contributed by atoms with E-state index in [2.05, 4.69) is 12.2 Å². The van der Waals surface area contributed by atoms with Crippen molar-refractivity contribution in [2.45, 2.75) is 39.2 Å². The van der Waals surface area contributed by atoms with E-state index < -0.39 is 0 Å². The first kappa shape index (κ1) is 13.1. The summed E-state index contributed by atoms with van der Waals surface area (Å²) in [5, 5.41) is 3.31. The van der Waals surface area contributed by atoms with Gasteiger partial charge in [0.2, 0.25) is 12.7 Å². The number of unbranched alkanes of at least 4 members (excludes halogenated alkanes) is 1. The maximum atomic E-state index is 12.5. The molecule has 3 rings (SSSR count). The molecular formula is C15H20N2O3. The van der Waals surface area contributed by atoms with Crippen LogP contribution in [0.15, 0.2) is 12.1 Å². The summed E-state index contributed by atoms with van der Waals surface area (Å²) in [5.41, 5.74) is 1.86. The number of rotatable bonds is 4. The van der Waals surface area contributed by atoms with Crippen LogP contribution in [0.4, 0.5) is 11.4 Å². The van der Waals surface area contributed by atoms with Gasteiger partial charge in [0.15, 0.2) is 11.5 Å². The minimum atomic E-state index is -0.153. The van der Waals surface area contributed by atoms with Gasteiger partial charge in [0.25, 0.3) is 0 Å². The molecule has 2 aliphatic heterocycles. The molecule has 0 bridgehead atoms. The van der Waals surface area contributed by atoms with Gasteiger partial charge in [-0.1, -0.05) is 20.3 Å². The molecule has 0 saturated carbocycles. The van der Waals surface area contributed by atoms with Crippen LogP contribution in [0.3, 0.4) is 0 Å². The van der Waals surface area contributed by atoms with Gasteiger partial charge in [-0.15, -0.1) is 0 Å². The second-order valence-electron chi connectivity index (χ2n) is 5.17. The summed E-state index contributed by atoms with van der Waals surface area (Å²) in [6, 6.07) is 3.69. The third-order valence-electron chi connectivity index (χ3n) is 3.82. The van der Waals surface area contributed by atoms with E-state index in [0.717, 1.165) is 48.7 Å². The Kier molecular flexibility index (Phi) is 3.42. The van der Waals surface area contributed by atoms with Crippen LogP contribution >= 0.6 is 0 Å². The fraction of sp³-hybridized carbons (Fsp3) is 0.533. The lowest BCUT2D eigenvalue weighted by Crippen LogP contribution is -2.47. The summed E-state index contributed by atoms with van der Waals surface area (Å²) in [6.45, 7) is 5.15. The second kappa shape index (κ2) is 5.23. The Labute approximate surface area is 118 Å². The Morgan fingerprint density at radius 3 is 2.75 bits per heavy atom. The Bertz CT molecular complexity index is 530. The molecular weight excluding hydrogens is 256 g/mol. The number of hydrogen-bond donors (Lipinski definition) is 1. The van der Waals surface area contributed by atoms with Gasteiger partial charge < -0.3 is 19.7 Å². The summed E-state index contributed by atoms with van der Waals surface area (Å²) in [6.07, 6.45) is 2.83. The molecule has 0 aromatic heterocycles. The van der Waals surface area contributed by atoms with Crippen LogP contribution in [0.1, 0.15) is 33.1 Å². The molecule has 2 heterocycles. The highest BCUT2D eigenvalue weighted by Crippen LogP contribution is 2.43. The zero-order chi connectivity index (χ0) is 14.1. The lowest BCUT2D eigenvalue weighted by molar-refractivity contribution is -0.119. The van der Waals surface area contributed by atoms with Gasteiger partial charge in [-0.3, -0.25) is 4.79 Å². The zero-order valence-electron chi connectivity index (χ0n) is 11.9. The van der Waals surface area contributed by atoms with Crippen LogP contribution in [-0.4, -0.2) is 25.3 Å². The highest BCUT2D eigenvalue weighted by molar-refractivity contribution is 6.05. The molecule has 0 spiro atoms. The van der Waals surface area contributed by atoms with Gasteiger partial charge in [-0.05, 0) is 12.8 Å². The van der Waals surface area contributed by atoms with E-state index in [1.165, 1.54) is 0 Å². The highest BCUT2D eigenvalue weighted by atomic mass is 16.7. The Balaban J connectivity index is 2.00. The SMILES string of the molecule is CCCCN1C(=O)C(CC)Nc2cc3c(cc21)OCO3. The summed E-state index contributed by atoms with van der Waals surface area (Å²) in [4.78, 5) is 14.4. The van der Waals surface area contributed by atoms with E-state index in [1.807, 2.05) is 24.0 Å². The van der Waals surface area contributed by atoms with E-state index in [4.69, 9.17) is 9.47 Å². The van der Waals surface area contributed by atoms with E-state index in [1.54, 1.807) is 0 Å². The molecule has 5 nitrogen and oxygen atoms in total. The molecule has 1 unspecified atom stereocenters. The van der Waals surface area contributed by atoms with Crippen LogP contribution in [-0.2, 0) is 4.79 Å². The molecule has 1 aromatic carbocycles. The number of carbonyl (C=O) groups is 1. The van der Waals surface area contributed by atoms with Crippen LogP contribution in [0.25, 0.3) is 0 Å². The number of fused-ring (bicyclic) bond motifs is 2. The molecule has 20 heavy (non-hydrogen) atoms. The number of nitrogens with zero attached hydrogens (tertiary/aromatic N) is 1. The predicted octanol–water partition coefficient (Wildman–Crippen LogP) is 2.75. The number of ether oxygens (including phenoxy) is 2. The topological polar surface area (TPSA) is 50.8 Å². The number of hydrogen-bond acceptors (Lipinski definition) is 4. The van der Waals surface area contributed by atoms with Gasteiger partial charge in [0.05, 0.1) is 11.4 Å². The molecule has 0 fully saturated rings. The van der Waals surface area contributed by atoms with Crippen molar-refractivity contribution in [3.63, 3.8) is 0 Å². The van der Waals surface area contributed by atoms with Crippen molar-refractivity contribution < 1.29 is 14.3 Å². The number of anilines is 2. The smallest absolute Gasteiger partial charge is 0.249 e. The quantitative estimate of drug-likeness (QED) is 0.918. The first-order valence-corrected chi connectivity index (χ1v) is 7.26. The Morgan fingerprint density at radius 2 is 2.05 bits per heavy atom. The molecule has 0 aliphatic carbocycles. The first-order chi connectivity index (χ1) is 9.74. The van der Waals surface area contributed by atoms with Gasteiger partial charge >= 0.3 is 0 Å². The molecule has 1 aromatic rings. The van der Waals surface area contributed by atoms with E-state index >= 15 is 0 Å². The normalized spacial score (nSPS) is 19.8. The predicted molar refractivity (Wildman–Crippen MR) is 77.5 cm³/mol. The minimum absolute atomic E-state index is 0.146. The van der Waals surface area contributed by atoms with Crippen molar-refractivity contribution in [1.82, 2.24) is 0 Å². The average Bonchev–Trinajstić information content (AvgIpc) is 2.91. The van der Waals surface area contributed by atoms with Crippen molar-refractivity contribution in [3.05, 3.63) is 12.1 Å². The van der Waals surface area contributed by atoms with Crippen LogP contribution < -0.4 is 19.7 Å². The first-order valence-electron chi connectivity index (χ1n) is 7.26. The average molecular weight is 276 g/mol. The molecule has 1 amide bonds. The van der Waals surface area contributed by atoms with Crippen molar-refractivity contribution >= 4 is 17.3 Å². The largest absolute Gasteiger partial charge is 0.454 e. The van der Waals surface area contributed by atoms with Crippen molar-refractivity contribution in [2.75, 3.05) is 23.6 Å². The van der Waals surface area contributed by atoms with E-state index in [-0.39, 0.29) is 18.7 Å². The standard InChI is InChI=1S/C15H20N2O3/c1-3-5-6-17-12-8-14-13(19-9-20-14)7-11(12)16-10(4-2)15(17)18/h7-8,10,16H,3-6,9H2,1-2H3.